The molecule has 0 bridgehead atoms. The fraction of sp³-hybridized carbons (Fsp3) is 0.0980. The highest BCUT2D eigenvalue weighted by Gasteiger charge is 2.36. The van der Waals surface area contributed by atoms with Crippen molar-refractivity contribution in [1.29, 1.82) is 0 Å². The predicted octanol–water partition coefficient (Wildman–Crippen LogP) is 14.4. The molecule has 2 aliphatic carbocycles. The summed E-state index contributed by atoms with van der Waals surface area (Å²) in [5.41, 5.74) is 15.6. The summed E-state index contributed by atoms with van der Waals surface area (Å²) in [5, 5.41) is 0.460. The molecule has 2 aliphatic heterocycles. The van der Waals surface area contributed by atoms with E-state index in [-0.39, 0.29) is 5.41 Å². The van der Waals surface area contributed by atoms with Gasteiger partial charge in [-0.15, -0.1) is 11.8 Å². The average Bonchev–Trinajstić information content (AvgIpc) is 3.72. The maximum absolute atomic E-state index is 6.72. The quantitative estimate of drug-likeness (QED) is 0.175. The van der Waals surface area contributed by atoms with Crippen LogP contribution in [0.15, 0.2) is 187 Å². The van der Waals surface area contributed by atoms with E-state index >= 15 is 0 Å². The van der Waals surface area contributed by atoms with E-state index in [1.165, 1.54) is 43.8 Å². The smallest absolute Gasteiger partial charge is 0.153 e. The number of rotatable bonds is 5. The van der Waals surface area contributed by atoms with E-state index in [0.29, 0.717) is 11.2 Å². The summed E-state index contributed by atoms with van der Waals surface area (Å²) in [6.07, 6.45) is 9.07. The molecule has 0 radical (unpaired) electrons. The molecule has 2 heterocycles. The Labute approximate surface area is 326 Å². The lowest BCUT2D eigenvalue weighted by molar-refractivity contribution is 0.477. The zero-order valence-corrected chi connectivity index (χ0v) is 31.5. The lowest BCUT2D eigenvalue weighted by Crippen LogP contribution is -2.18. The van der Waals surface area contributed by atoms with Crippen LogP contribution in [-0.2, 0) is 5.41 Å². The molecule has 264 valence electrons. The maximum atomic E-state index is 6.72. The maximum Gasteiger partial charge on any atom is 0.153 e. The van der Waals surface area contributed by atoms with Crippen molar-refractivity contribution in [2.24, 2.45) is 0 Å². The fourth-order valence-electron chi connectivity index (χ4n) is 9.10. The Morgan fingerprint density at radius 3 is 2.15 bits per heavy atom. The Morgan fingerprint density at radius 1 is 0.564 bits per heavy atom. The fourth-order valence-corrected chi connectivity index (χ4v) is 10.6. The lowest BCUT2D eigenvalue weighted by Gasteiger charge is -2.34. The minimum absolute atomic E-state index is 0.122. The van der Waals surface area contributed by atoms with Crippen molar-refractivity contribution >= 4 is 45.9 Å². The third-order valence-corrected chi connectivity index (χ3v) is 13.2. The third kappa shape index (κ3) is 5.05. The number of ether oxygens (including phenoxy) is 1. The number of hydrogen-bond donors (Lipinski definition) is 0. The van der Waals surface area contributed by atoms with Crippen LogP contribution >= 0.6 is 11.8 Å². The number of benzene rings is 7. The van der Waals surface area contributed by atoms with E-state index in [2.05, 4.69) is 200 Å². The van der Waals surface area contributed by atoms with Crippen LogP contribution < -0.4 is 14.5 Å². The highest BCUT2D eigenvalue weighted by atomic mass is 32.2. The molecule has 0 fully saturated rings. The van der Waals surface area contributed by atoms with E-state index < -0.39 is 0 Å². The molecule has 55 heavy (non-hydrogen) atoms. The van der Waals surface area contributed by atoms with Crippen molar-refractivity contribution < 1.29 is 4.74 Å². The van der Waals surface area contributed by atoms with E-state index in [4.69, 9.17) is 4.74 Å². The van der Waals surface area contributed by atoms with Gasteiger partial charge in [0.15, 0.2) is 11.5 Å². The molecule has 3 nitrogen and oxygen atoms in total. The standard InChI is InChI=1S/C51H38N2OS/c1-51(2)43-19-8-6-15-39(43)40-29-27-36(31-44(40)51)52(35-25-23-33(24-26-35)38-17-12-18-42-41-16-7-11-22-49(41)55-50(38)42)37-28-30-46-48(32-37)54-47-21-10-9-20-45(47)53(46)34-13-4-3-5-14-34/h3-32,41,49H,1-2H3. The zero-order valence-electron chi connectivity index (χ0n) is 30.7. The zero-order chi connectivity index (χ0) is 36.7. The molecule has 2 atom stereocenters. The second kappa shape index (κ2) is 12.4. The van der Waals surface area contributed by atoms with Crippen molar-refractivity contribution in [3.05, 3.63) is 199 Å². The molecule has 0 saturated carbocycles. The molecular formula is C51H38N2OS. The number of anilines is 6. The van der Waals surface area contributed by atoms with Crippen LogP contribution in [0, 0.1) is 0 Å². The van der Waals surface area contributed by atoms with E-state index in [1.54, 1.807) is 0 Å². The first-order valence-electron chi connectivity index (χ1n) is 19.1. The van der Waals surface area contributed by atoms with Crippen LogP contribution in [0.5, 0.6) is 11.5 Å². The molecule has 11 rings (SSSR count). The second-order valence-corrected chi connectivity index (χ2v) is 16.5. The molecule has 0 N–H and O–H groups in total. The summed E-state index contributed by atoms with van der Waals surface area (Å²) in [4.78, 5) is 6.08. The molecule has 7 aromatic rings. The molecule has 0 saturated heterocycles. The molecule has 0 aromatic heterocycles. The molecule has 0 spiro atoms. The lowest BCUT2D eigenvalue weighted by atomic mass is 9.82. The van der Waals surface area contributed by atoms with Gasteiger partial charge in [0.2, 0.25) is 0 Å². The molecular weight excluding hydrogens is 689 g/mol. The van der Waals surface area contributed by atoms with Gasteiger partial charge in [0.05, 0.1) is 11.4 Å². The third-order valence-electron chi connectivity index (χ3n) is 11.8. The number of nitrogens with zero attached hydrogens (tertiary/aromatic N) is 2. The first kappa shape index (κ1) is 32.2. The van der Waals surface area contributed by atoms with E-state index in [0.717, 1.165) is 45.6 Å². The molecule has 0 amide bonds. The van der Waals surface area contributed by atoms with Gasteiger partial charge in [-0.25, -0.2) is 0 Å². The van der Waals surface area contributed by atoms with Gasteiger partial charge in [-0.2, -0.15) is 0 Å². The van der Waals surface area contributed by atoms with Crippen LogP contribution in [0.3, 0.4) is 0 Å². The monoisotopic (exact) mass is 726 g/mol. The Bertz CT molecular complexity index is 2710. The van der Waals surface area contributed by atoms with Crippen molar-refractivity contribution in [3.8, 4) is 33.8 Å². The number of para-hydroxylation sites is 3. The van der Waals surface area contributed by atoms with Crippen LogP contribution in [0.25, 0.3) is 22.3 Å². The normalized spacial score (nSPS) is 17.7. The number of hydrogen-bond acceptors (Lipinski definition) is 4. The van der Waals surface area contributed by atoms with E-state index in [1.807, 2.05) is 17.8 Å². The van der Waals surface area contributed by atoms with Crippen LogP contribution in [0.2, 0.25) is 0 Å². The van der Waals surface area contributed by atoms with Crippen molar-refractivity contribution in [2.45, 2.75) is 35.3 Å². The molecule has 2 unspecified atom stereocenters. The number of allylic oxidation sites excluding steroid dienone is 3. The molecule has 7 aromatic carbocycles. The van der Waals surface area contributed by atoms with Gasteiger partial charge in [0.25, 0.3) is 0 Å². The number of fused-ring (bicyclic) bond motifs is 8. The average molecular weight is 727 g/mol. The second-order valence-electron chi connectivity index (χ2n) is 15.3. The van der Waals surface area contributed by atoms with Crippen LogP contribution in [0.4, 0.5) is 34.1 Å². The van der Waals surface area contributed by atoms with Gasteiger partial charge < -0.3 is 14.5 Å². The first-order chi connectivity index (χ1) is 27.0. The minimum atomic E-state index is -0.122. The van der Waals surface area contributed by atoms with Gasteiger partial charge in [-0.05, 0) is 99.6 Å². The van der Waals surface area contributed by atoms with Crippen molar-refractivity contribution in [2.75, 3.05) is 9.80 Å². The van der Waals surface area contributed by atoms with Crippen LogP contribution in [0.1, 0.15) is 36.5 Å². The van der Waals surface area contributed by atoms with Gasteiger partial charge in [0, 0.05) is 50.3 Å². The molecule has 4 heteroatoms. The van der Waals surface area contributed by atoms with Gasteiger partial charge >= 0.3 is 0 Å². The SMILES string of the molecule is CC1(C)c2ccccc2-c2ccc(N(c3ccc(-c4cccc5c4SC4C=CC=CC54)cc3)c3ccc4c(c3)Oc3ccccc3N4c3ccccc3)cc21. The largest absolute Gasteiger partial charge is 0.453 e. The first-order valence-corrected chi connectivity index (χ1v) is 20.0. The Balaban J connectivity index is 1.04. The van der Waals surface area contributed by atoms with Gasteiger partial charge in [-0.1, -0.05) is 129 Å². The predicted molar refractivity (Wildman–Crippen MR) is 230 cm³/mol. The topological polar surface area (TPSA) is 15.7 Å². The molecule has 4 aliphatic rings. The Kier molecular flexibility index (Phi) is 7.27. The minimum Gasteiger partial charge on any atom is -0.453 e. The van der Waals surface area contributed by atoms with E-state index in [9.17, 15) is 0 Å². The van der Waals surface area contributed by atoms with Crippen molar-refractivity contribution in [1.82, 2.24) is 0 Å². The Hall–Kier alpha value is -6.23. The summed E-state index contributed by atoms with van der Waals surface area (Å²) in [6.45, 7) is 4.70. The van der Waals surface area contributed by atoms with Gasteiger partial charge in [0.1, 0.15) is 0 Å². The summed E-state index contributed by atoms with van der Waals surface area (Å²) in [6, 6.07) is 57.3. The highest BCUT2D eigenvalue weighted by molar-refractivity contribution is 8.00. The number of thioether (sulfide) groups is 1. The van der Waals surface area contributed by atoms with Gasteiger partial charge in [-0.3, -0.25) is 0 Å². The summed E-state index contributed by atoms with van der Waals surface area (Å²) in [5.74, 6) is 2.09. The van der Waals surface area contributed by atoms with Crippen LogP contribution in [-0.4, -0.2) is 5.25 Å². The summed E-state index contributed by atoms with van der Waals surface area (Å²) in [7, 11) is 0. The van der Waals surface area contributed by atoms with Crippen molar-refractivity contribution in [3.63, 3.8) is 0 Å². The summed E-state index contributed by atoms with van der Waals surface area (Å²) >= 11 is 1.99. The summed E-state index contributed by atoms with van der Waals surface area (Å²) < 4.78 is 6.72. The Morgan fingerprint density at radius 2 is 1.25 bits per heavy atom. The highest BCUT2D eigenvalue weighted by Crippen LogP contribution is 2.55.